The van der Waals surface area contributed by atoms with Gasteiger partial charge in [0.25, 0.3) is 5.91 Å². The molecule has 4 aromatic heterocycles. The molecule has 1 amide bonds. The van der Waals surface area contributed by atoms with Gasteiger partial charge in [-0.2, -0.15) is 4.68 Å². The Morgan fingerprint density at radius 3 is 2.84 bits per heavy atom. The zero-order valence-electron chi connectivity index (χ0n) is 17.4. The van der Waals surface area contributed by atoms with E-state index < -0.39 is 0 Å². The number of pyridine rings is 3. The summed E-state index contributed by atoms with van der Waals surface area (Å²) in [4.78, 5) is 26.3. The molecule has 10 heteroatoms. The van der Waals surface area contributed by atoms with E-state index in [2.05, 4.69) is 35.9 Å². The molecule has 32 heavy (non-hydrogen) atoms. The van der Waals surface area contributed by atoms with E-state index in [4.69, 9.17) is 11.6 Å². The first-order valence-corrected chi connectivity index (χ1v) is 10.8. The molecule has 1 saturated heterocycles. The number of piperidine rings is 1. The van der Waals surface area contributed by atoms with Crippen LogP contribution in [0.25, 0.3) is 16.9 Å². The summed E-state index contributed by atoms with van der Waals surface area (Å²) in [6, 6.07) is 7.29. The lowest BCUT2D eigenvalue weighted by atomic mass is 9.88. The maximum absolute atomic E-state index is 13.1. The van der Waals surface area contributed by atoms with E-state index in [-0.39, 0.29) is 11.8 Å². The van der Waals surface area contributed by atoms with Gasteiger partial charge in [-0.3, -0.25) is 4.79 Å². The molecule has 0 aliphatic carbocycles. The maximum atomic E-state index is 13.1. The Hall–Kier alpha value is -3.43. The highest BCUT2D eigenvalue weighted by Gasteiger charge is 2.25. The van der Waals surface area contributed by atoms with Crippen molar-refractivity contribution in [2.45, 2.75) is 25.7 Å². The molecule has 1 aliphatic heterocycles. The quantitative estimate of drug-likeness (QED) is 0.492. The minimum absolute atomic E-state index is 0.189. The van der Waals surface area contributed by atoms with Crippen LogP contribution in [0.1, 0.15) is 40.4 Å². The average Bonchev–Trinajstić information content (AvgIpc) is 3.23. The predicted molar refractivity (Wildman–Crippen MR) is 121 cm³/mol. The standard InChI is InChI=1S/C22H21ClN8O/c1-13-9-18-21(27-11-13)31(30-29-18)15-10-16(14-4-7-24-8-5-14)19(26-12-15)22(32)28-20-17(23)3-2-6-25-20/h2-3,6,9-12,14,24H,4-5,7-8H2,1H3,(H,25,28,32). The number of fused-ring (bicyclic) bond motifs is 1. The van der Waals surface area contributed by atoms with Crippen LogP contribution in [0.5, 0.6) is 0 Å². The molecule has 5 heterocycles. The van der Waals surface area contributed by atoms with Crippen LogP contribution >= 0.6 is 11.6 Å². The normalized spacial score (nSPS) is 14.6. The predicted octanol–water partition coefficient (Wildman–Crippen LogP) is 3.29. The van der Waals surface area contributed by atoms with Crippen LogP contribution in [0.3, 0.4) is 0 Å². The van der Waals surface area contributed by atoms with Crippen molar-refractivity contribution in [2.24, 2.45) is 0 Å². The van der Waals surface area contributed by atoms with Crippen LogP contribution in [0.2, 0.25) is 5.02 Å². The molecule has 0 unspecified atom stereocenters. The van der Waals surface area contributed by atoms with Gasteiger partial charge >= 0.3 is 0 Å². The van der Waals surface area contributed by atoms with Gasteiger partial charge in [-0.15, -0.1) is 5.10 Å². The van der Waals surface area contributed by atoms with Crippen LogP contribution in [-0.4, -0.2) is 48.9 Å². The van der Waals surface area contributed by atoms with E-state index in [9.17, 15) is 4.79 Å². The highest BCUT2D eigenvalue weighted by atomic mass is 35.5. The lowest BCUT2D eigenvalue weighted by Gasteiger charge is -2.24. The van der Waals surface area contributed by atoms with E-state index in [1.807, 2.05) is 19.1 Å². The number of nitrogens with zero attached hydrogens (tertiary/aromatic N) is 6. The number of amides is 1. The van der Waals surface area contributed by atoms with Crippen molar-refractivity contribution in [3.8, 4) is 5.69 Å². The third-order valence-electron chi connectivity index (χ3n) is 5.56. The third kappa shape index (κ3) is 3.92. The lowest BCUT2D eigenvalue weighted by Crippen LogP contribution is -2.28. The number of carbonyl (C=O) groups is 1. The molecule has 0 radical (unpaired) electrons. The van der Waals surface area contributed by atoms with Crippen molar-refractivity contribution < 1.29 is 4.79 Å². The SMILES string of the molecule is Cc1cnc2c(c1)nnn2-c1cnc(C(=O)Nc2ncccc2Cl)c(C2CCNCC2)c1. The van der Waals surface area contributed by atoms with Gasteiger partial charge in [-0.25, -0.2) is 15.0 Å². The Labute approximate surface area is 189 Å². The summed E-state index contributed by atoms with van der Waals surface area (Å²) in [5, 5.41) is 15.0. The Kier molecular flexibility index (Phi) is 5.50. The number of carbonyl (C=O) groups excluding carboxylic acids is 1. The van der Waals surface area contributed by atoms with Gasteiger partial charge in [-0.1, -0.05) is 16.8 Å². The Morgan fingerprint density at radius 2 is 2.03 bits per heavy atom. The number of rotatable bonds is 4. The smallest absolute Gasteiger partial charge is 0.275 e. The van der Waals surface area contributed by atoms with Gasteiger partial charge in [0.1, 0.15) is 11.2 Å². The molecule has 4 aromatic rings. The van der Waals surface area contributed by atoms with E-state index in [1.54, 1.807) is 35.4 Å². The molecule has 162 valence electrons. The molecule has 1 aliphatic rings. The van der Waals surface area contributed by atoms with Crippen LogP contribution in [0.4, 0.5) is 5.82 Å². The molecular weight excluding hydrogens is 428 g/mol. The molecule has 1 fully saturated rings. The van der Waals surface area contributed by atoms with Crippen LogP contribution in [0, 0.1) is 6.92 Å². The fourth-order valence-corrected chi connectivity index (χ4v) is 4.13. The molecule has 0 atom stereocenters. The summed E-state index contributed by atoms with van der Waals surface area (Å²) in [5.41, 5.74) is 4.30. The average molecular weight is 449 g/mol. The lowest BCUT2D eigenvalue weighted by molar-refractivity contribution is 0.102. The van der Waals surface area contributed by atoms with Gasteiger partial charge in [0.05, 0.1) is 16.9 Å². The third-order valence-corrected chi connectivity index (χ3v) is 5.86. The number of halogens is 1. The Bertz CT molecular complexity index is 1300. The molecular formula is C22H21ClN8O. The summed E-state index contributed by atoms with van der Waals surface area (Å²) in [6.45, 7) is 3.73. The summed E-state index contributed by atoms with van der Waals surface area (Å²) in [5.74, 6) is 0.152. The minimum Gasteiger partial charge on any atom is -0.317 e. The molecule has 9 nitrogen and oxygen atoms in total. The minimum atomic E-state index is -0.345. The topological polar surface area (TPSA) is 111 Å². The molecule has 0 saturated carbocycles. The maximum Gasteiger partial charge on any atom is 0.275 e. The first-order valence-electron chi connectivity index (χ1n) is 10.4. The second-order valence-electron chi connectivity index (χ2n) is 7.80. The van der Waals surface area contributed by atoms with Gasteiger partial charge in [0, 0.05) is 12.4 Å². The van der Waals surface area contributed by atoms with Crippen molar-refractivity contribution in [1.29, 1.82) is 0 Å². The van der Waals surface area contributed by atoms with E-state index in [0.717, 1.165) is 37.1 Å². The number of hydrogen-bond acceptors (Lipinski definition) is 7. The van der Waals surface area contributed by atoms with Crippen molar-refractivity contribution >= 4 is 34.5 Å². The fraction of sp³-hybridized carbons (Fsp3) is 0.273. The highest BCUT2D eigenvalue weighted by Crippen LogP contribution is 2.30. The van der Waals surface area contributed by atoms with Gasteiger partial charge < -0.3 is 10.6 Å². The molecule has 0 aromatic carbocycles. The molecule has 0 bridgehead atoms. The number of anilines is 1. The van der Waals surface area contributed by atoms with Crippen LogP contribution in [-0.2, 0) is 0 Å². The van der Waals surface area contributed by atoms with Gasteiger partial charge in [0.15, 0.2) is 11.5 Å². The summed E-state index contributed by atoms with van der Waals surface area (Å²) in [7, 11) is 0. The van der Waals surface area contributed by atoms with E-state index >= 15 is 0 Å². The summed E-state index contributed by atoms with van der Waals surface area (Å²) >= 11 is 6.17. The number of aryl methyl sites for hydroxylation is 1. The van der Waals surface area contributed by atoms with Gasteiger partial charge in [0.2, 0.25) is 0 Å². The number of aromatic nitrogens is 6. The first kappa shape index (κ1) is 20.5. The van der Waals surface area contributed by atoms with Crippen molar-refractivity contribution in [3.63, 3.8) is 0 Å². The highest BCUT2D eigenvalue weighted by molar-refractivity contribution is 6.33. The fourth-order valence-electron chi connectivity index (χ4n) is 3.96. The Morgan fingerprint density at radius 1 is 1.19 bits per heavy atom. The van der Waals surface area contributed by atoms with Crippen molar-refractivity contribution in [1.82, 2.24) is 35.3 Å². The van der Waals surface area contributed by atoms with Crippen LogP contribution < -0.4 is 10.6 Å². The Balaban J connectivity index is 1.56. The number of nitrogens with one attached hydrogen (secondary N) is 2. The molecule has 0 spiro atoms. The van der Waals surface area contributed by atoms with E-state index in [0.29, 0.717) is 33.4 Å². The summed E-state index contributed by atoms with van der Waals surface area (Å²) in [6.07, 6.45) is 6.80. The van der Waals surface area contributed by atoms with Crippen molar-refractivity contribution in [2.75, 3.05) is 18.4 Å². The largest absolute Gasteiger partial charge is 0.317 e. The summed E-state index contributed by atoms with van der Waals surface area (Å²) < 4.78 is 1.66. The zero-order valence-corrected chi connectivity index (χ0v) is 18.2. The molecule has 5 rings (SSSR count). The zero-order chi connectivity index (χ0) is 22.1. The molecule has 2 N–H and O–H groups in total. The van der Waals surface area contributed by atoms with Gasteiger partial charge in [-0.05, 0) is 74.2 Å². The first-order chi connectivity index (χ1) is 15.6. The number of hydrogen-bond donors (Lipinski definition) is 2. The second kappa shape index (κ2) is 8.60. The van der Waals surface area contributed by atoms with E-state index in [1.165, 1.54) is 0 Å². The van der Waals surface area contributed by atoms with Crippen molar-refractivity contribution in [3.05, 3.63) is 64.7 Å². The monoisotopic (exact) mass is 448 g/mol. The second-order valence-corrected chi connectivity index (χ2v) is 8.21. The van der Waals surface area contributed by atoms with Crippen LogP contribution in [0.15, 0.2) is 42.9 Å².